The zero-order chi connectivity index (χ0) is 18.5. The van der Waals surface area contributed by atoms with Crippen molar-refractivity contribution in [3.05, 3.63) is 36.0 Å². The van der Waals surface area contributed by atoms with Gasteiger partial charge >= 0.3 is 5.97 Å². The third-order valence-electron chi connectivity index (χ3n) is 4.57. The van der Waals surface area contributed by atoms with Gasteiger partial charge in [-0.05, 0) is 56.9 Å². The molecule has 1 aromatic heterocycles. The highest BCUT2D eigenvalue weighted by atomic mass is 35.5. The van der Waals surface area contributed by atoms with Crippen molar-refractivity contribution in [2.75, 3.05) is 11.9 Å². The molecule has 1 heterocycles. The standard InChI is InChI=1S/C19H24N4O3.ClH/c1-2-26-17-8-3-12(11-15(17)18(24)25)16-9-10-21-19(23-16)22-14-6-4-13(20)5-7-14;/h3,8-11,13-14H,2,4-7,20H2,1H3,(H,24,25)(H,21,22,23);1H. The Balaban J connectivity index is 0.00000261. The van der Waals surface area contributed by atoms with Crippen molar-refractivity contribution in [1.29, 1.82) is 0 Å². The Morgan fingerprint density at radius 3 is 2.70 bits per heavy atom. The number of carbonyl (C=O) groups is 1. The summed E-state index contributed by atoms with van der Waals surface area (Å²) in [6.45, 7) is 2.23. The zero-order valence-corrected chi connectivity index (χ0v) is 16.0. The van der Waals surface area contributed by atoms with Gasteiger partial charge < -0.3 is 20.9 Å². The fraction of sp³-hybridized carbons (Fsp3) is 0.421. The number of nitrogens with two attached hydrogens (primary N) is 1. The van der Waals surface area contributed by atoms with Crippen LogP contribution in [0.25, 0.3) is 11.3 Å². The molecule has 7 nitrogen and oxygen atoms in total. The van der Waals surface area contributed by atoms with E-state index in [1.165, 1.54) is 0 Å². The van der Waals surface area contributed by atoms with Gasteiger partial charge in [0.25, 0.3) is 0 Å². The van der Waals surface area contributed by atoms with E-state index < -0.39 is 5.97 Å². The van der Waals surface area contributed by atoms with Crippen LogP contribution >= 0.6 is 12.4 Å². The lowest BCUT2D eigenvalue weighted by Gasteiger charge is -2.26. The summed E-state index contributed by atoms with van der Waals surface area (Å²) < 4.78 is 5.39. The molecule has 1 fully saturated rings. The number of halogens is 1. The predicted octanol–water partition coefficient (Wildman–Crippen LogP) is 3.34. The van der Waals surface area contributed by atoms with Gasteiger partial charge in [0.05, 0.1) is 12.3 Å². The second kappa shape index (κ2) is 9.53. The Bertz CT molecular complexity index is 779. The molecule has 1 aliphatic rings. The normalized spacial score (nSPS) is 19.0. The average molecular weight is 393 g/mol. The number of rotatable bonds is 6. The molecule has 8 heteroatoms. The van der Waals surface area contributed by atoms with E-state index in [4.69, 9.17) is 10.5 Å². The number of nitrogens with one attached hydrogen (secondary N) is 1. The highest BCUT2D eigenvalue weighted by molar-refractivity contribution is 5.92. The van der Waals surface area contributed by atoms with Crippen molar-refractivity contribution in [2.24, 2.45) is 5.73 Å². The van der Waals surface area contributed by atoms with Gasteiger partial charge in [0.15, 0.2) is 0 Å². The van der Waals surface area contributed by atoms with Crippen LogP contribution in [0.2, 0.25) is 0 Å². The van der Waals surface area contributed by atoms with Gasteiger partial charge in [-0.25, -0.2) is 14.8 Å². The van der Waals surface area contributed by atoms with Crippen LogP contribution in [0.3, 0.4) is 0 Å². The van der Waals surface area contributed by atoms with E-state index in [0.717, 1.165) is 25.7 Å². The number of ether oxygens (including phenoxy) is 1. The SMILES string of the molecule is CCOc1ccc(-c2ccnc(NC3CCC(N)CC3)n2)cc1C(=O)O.Cl. The maximum absolute atomic E-state index is 11.5. The van der Waals surface area contributed by atoms with Crippen LogP contribution in [-0.4, -0.2) is 39.7 Å². The minimum atomic E-state index is -1.03. The van der Waals surface area contributed by atoms with Gasteiger partial charge in [-0.1, -0.05) is 0 Å². The lowest BCUT2D eigenvalue weighted by Crippen LogP contribution is -2.33. The number of carboxylic acids is 1. The molecule has 0 spiro atoms. The molecule has 0 radical (unpaired) electrons. The van der Waals surface area contributed by atoms with Crippen LogP contribution in [0.5, 0.6) is 5.75 Å². The van der Waals surface area contributed by atoms with Gasteiger partial charge in [-0.2, -0.15) is 0 Å². The maximum atomic E-state index is 11.5. The molecule has 0 atom stereocenters. The zero-order valence-electron chi connectivity index (χ0n) is 15.2. The molecule has 1 aliphatic carbocycles. The molecule has 1 aromatic carbocycles. The molecule has 0 amide bonds. The second-order valence-corrected chi connectivity index (χ2v) is 6.47. The summed E-state index contributed by atoms with van der Waals surface area (Å²) in [5.74, 6) is -0.121. The van der Waals surface area contributed by atoms with Crippen molar-refractivity contribution >= 4 is 24.3 Å². The largest absolute Gasteiger partial charge is 0.493 e. The smallest absolute Gasteiger partial charge is 0.339 e. The van der Waals surface area contributed by atoms with E-state index in [0.29, 0.717) is 41.6 Å². The molecule has 1 saturated carbocycles. The Morgan fingerprint density at radius 1 is 1.30 bits per heavy atom. The Labute approximate surface area is 164 Å². The van der Waals surface area contributed by atoms with Gasteiger partial charge in [0.2, 0.25) is 5.95 Å². The molecular formula is C19H25ClN4O3. The van der Waals surface area contributed by atoms with Crippen LogP contribution in [0, 0.1) is 0 Å². The minimum absolute atomic E-state index is 0. The number of hydrogen-bond donors (Lipinski definition) is 3. The molecule has 0 aliphatic heterocycles. The van der Waals surface area contributed by atoms with Crippen molar-refractivity contribution in [2.45, 2.75) is 44.7 Å². The third-order valence-corrected chi connectivity index (χ3v) is 4.57. The first kappa shape index (κ1) is 20.9. The predicted molar refractivity (Wildman–Crippen MR) is 107 cm³/mol. The van der Waals surface area contributed by atoms with Gasteiger partial charge in [-0.3, -0.25) is 0 Å². The number of nitrogens with zero attached hydrogens (tertiary/aromatic N) is 2. The summed E-state index contributed by atoms with van der Waals surface area (Å²) in [5, 5.41) is 12.8. The van der Waals surface area contributed by atoms with Crippen LogP contribution in [-0.2, 0) is 0 Å². The number of carboxylic acid groups (broad SMARTS) is 1. The summed E-state index contributed by atoms with van der Waals surface area (Å²) >= 11 is 0. The van der Waals surface area contributed by atoms with Gasteiger partial charge in [0, 0.05) is 23.8 Å². The Hall–Kier alpha value is -2.38. The molecule has 3 rings (SSSR count). The van der Waals surface area contributed by atoms with Crippen LogP contribution in [0.15, 0.2) is 30.5 Å². The van der Waals surface area contributed by atoms with Gasteiger partial charge in [0.1, 0.15) is 11.3 Å². The van der Waals surface area contributed by atoms with Crippen molar-refractivity contribution in [1.82, 2.24) is 9.97 Å². The summed E-state index contributed by atoms with van der Waals surface area (Å²) in [4.78, 5) is 20.3. The van der Waals surface area contributed by atoms with E-state index in [1.54, 1.807) is 24.4 Å². The minimum Gasteiger partial charge on any atom is -0.493 e. The molecule has 0 saturated heterocycles. The summed E-state index contributed by atoms with van der Waals surface area (Å²) in [6.07, 6.45) is 5.68. The molecule has 0 unspecified atom stereocenters. The molecule has 146 valence electrons. The van der Waals surface area contributed by atoms with E-state index in [2.05, 4.69) is 15.3 Å². The Kier molecular flexibility index (Phi) is 7.38. The molecule has 4 N–H and O–H groups in total. The van der Waals surface area contributed by atoms with E-state index in [9.17, 15) is 9.90 Å². The van der Waals surface area contributed by atoms with Crippen LogP contribution < -0.4 is 15.8 Å². The first-order valence-corrected chi connectivity index (χ1v) is 8.92. The average Bonchev–Trinajstić information content (AvgIpc) is 2.64. The maximum Gasteiger partial charge on any atom is 0.339 e. The molecule has 27 heavy (non-hydrogen) atoms. The number of anilines is 1. The summed E-state index contributed by atoms with van der Waals surface area (Å²) in [5.41, 5.74) is 7.45. The number of aromatic carboxylic acids is 1. The lowest BCUT2D eigenvalue weighted by molar-refractivity contribution is 0.0692. The summed E-state index contributed by atoms with van der Waals surface area (Å²) in [7, 11) is 0. The van der Waals surface area contributed by atoms with E-state index >= 15 is 0 Å². The molecular weight excluding hydrogens is 368 g/mol. The highest BCUT2D eigenvalue weighted by Crippen LogP contribution is 2.27. The lowest BCUT2D eigenvalue weighted by atomic mass is 9.92. The van der Waals surface area contributed by atoms with E-state index in [-0.39, 0.29) is 18.0 Å². The fourth-order valence-electron chi connectivity index (χ4n) is 3.17. The molecule has 2 aromatic rings. The second-order valence-electron chi connectivity index (χ2n) is 6.47. The van der Waals surface area contributed by atoms with Crippen LogP contribution in [0.4, 0.5) is 5.95 Å². The van der Waals surface area contributed by atoms with Crippen LogP contribution in [0.1, 0.15) is 43.0 Å². The topological polar surface area (TPSA) is 110 Å². The summed E-state index contributed by atoms with van der Waals surface area (Å²) in [6, 6.07) is 7.43. The fourth-order valence-corrected chi connectivity index (χ4v) is 3.17. The van der Waals surface area contributed by atoms with Crippen molar-refractivity contribution in [3.63, 3.8) is 0 Å². The number of aromatic nitrogens is 2. The quantitative estimate of drug-likeness (QED) is 0.691. The van der Waals surface area contributed by atoms with Gasteiger partial charge in [-0.15, -0.1) is 12.4 Å². The first-order chi connectivity index (χ1) is 12.6. The van der Waals surface area contributed by atoms with Crippen molar-refractivity contribution < 1.29 is 14.6 Å². The Morgan fingerprint density at radius 2 is 2.04 bits per heavy atom. The molecule has 0 bridgehead atoms. The van der Waals surface area contributed by atoms with Crippen molar-refractivity contribution in [3.8, 4) is 17.0 Å². The first-order valence-electron chi connectivity index (χ1n) is 8.92. The van der Waals surface area contributed by atoms with E-state index in [1.807, 2.05) is 13.0 Å². The number of benzene rings is 1. The number of hydrogen-bond acceptors (Lipinski definition) is 6. The monoisotopic (exact) mass is 392 g/mol. The highest BCUT2D eigenvalue weighted by Gasteiger charge is 2.19. The third kappa shape index (κ3) is 5.30.